The second-order valence-corrected chi connectivity index (χ2v) is 6.03. The number of benzene rings is 2. The Kier molecular flexibility index (Phi) is 3.04. The zero-order chi connectivity index (χ0) is 15.1. The summed E-state index contributed by atoms with van der Waals surface area (Å²) in [6.45, 7) is 2.08. The van der Waals surface area contributed by atoms with E-state index in [0.29, 0.717) is 0 Å². The Morgan fingerprint density at radius 3 is 2.59 bits per heavy atom. The molecule has 0 unspecified atom stereocenters. The van der Waals surface area contributed by atoms with Gasteiger partial charge >= 0.3 is 0 Å². The van der Waals surface area contributed by atoms with Crippen LogP contribution in [0.15, 0.2) is 60.8 Å². The van der Waals surface area contributed by atoms with Crippen LogP contribution in [0.3, 0.4) is 0 Å². The largest absolute Gasteiger partial charge is 0.287 e. The molecule has 0 radical (unpaired) electrons. The Bertz CT molecular complexity index is 882. The average molecular weight is 288 g/mol. The first-order valence-corrected chi connectivity index (χ1v) is 7.77. The predicted octanol–water partition coefficient (Wildman–Crippen LogP) is 3.81. The number of hydrogen-bond donors (Lipinski definition) is 0. The number of aromatic nitrogens is 1. The van der Waals surface area contributed by atoms with Gasteiger partial charge in [-0.3, -0.25) is 4.79 Å². The van der Waals surface area contributed by atoms with Crippen molar-refractivity contribution in [1.29, 1.82) is 0 Å². The van der Waals surface area contributed by atoms with Crippen LogP contribution < -0.4 is 4.57 Å². The number of ketones is 1. The number of hydrogen-bond acceptors (Lipinski definition) is 1. The summed E-state index contributed by atoms with van der Waals surface area (Å²) in [5.74, 6) is 0.241. The summed E-state index contributed by atoms with van der Waals surface area (Å²) in [5.41, 5.74) is 3.21. The minimum Gasteiger partial charge on any atom is -0.287 e. The summed E-state index contributed by atoms with van der Waals surface area (Å²) >= 11 is 0. The van der Waals surface area contributed by atoms with Crippen molar-refractivity contribution in [2.24, 2.45) is 0 Å². The van der Waals surface area contributed by atoms with Gasteiger partial charge in [0.05, 0.1) is 0 Å². The fourth-order valence-corrected chi connectivity index (χ4v) is 3.49. The lowest BCUT2D eigenvalue weighted by Gasteiger charge is -2.20. The molecule has 22 heavy (non-hydrogen) atoms. The van der Waals surface area contributed by atoms with Gasteiger partial charge in [0.25, 0.3) is 0 Å². The number of pyridine rings is 1. The summed E-state index contributed by atoms with van der Waals surface area (Å²) in [7, 11) is 0. The fourth-order valence-electron chi connectivity index (χ4n) is 3.49. The van der Waals surface area contributed by atoms with Crippen molar-refractivity contribution in [1.82, 2.24) is 0 Å². The molecular formula is C20H18NO+. The molecule has 3 aromatic rings. The van der Waals surface area contributed by atoms with Crippen LogP contribution in [0.2, 0.25) is 0 Å². The number of nitrogens with zero attached hydrogens (tertiary/aromatic N) is 1. The van der Waals surface area contributed by atoms with Gasteiger partial charge in [-0.25, -0.2) is 0 Å². The van der Waals surface area contributed by atoms with Crippen LogP contribution in [0, 0.1) is 6.92 Å². The number of carbonyl (C=O) groups is 1. The standard InChI is InChI=1S/C20H18NO/c1-14-12-16-7-2-3-8-17(16)13-21(14)19-11-10-15-6-4-5-9-18(15)20(19)22/h2-9,12-13,19H,10-11H2,1H3/q+1/t19-/m1/s1. The van der Waals surface area contributed by atoms with Crippen LogP contribution in [-0.4, -0.2) is 5.78 Å². The highest BCUT2D eigenvalue weighted by atomic mass is 16.1. The number of fused-ring (bicyclic) bond motifs is 2. The van der Waals surface area contributed by atoms with E-state index in [1.54, 1.807) is 0 Å². The first kappa shape index (κ1) is 13.2. The van der Waals surface area contributed by atoms with Gasteiger partial charge in [-0.15, -0.1) is 0 Å². The highest BCUT2D eigenvalue weighted by Crippen LogP contribution is 2.26. The van der Waals surface area contributed by atoms with Gasteiger partial charge in [0, 0.05) is 30.4 Å². The zero-order valence-corrected chi connectivity index (χ0v) is 12.6. The third-order valence-corrected chi connectivity index (χ3v) is 4.65. The van der Waals surface area contributed by atoms with Crippen molar-refractivity contribution in [3.63, 3.8) is 0 Å². The molecule has 1 aromatic heterocycles. The Balaban J connectivity index is 1.83. The zero-order valence-electron chi connectivity index (χ0n) is 12.6. The Labute approximate surface area is 130 Å². The monoisotopic (exact) mass is 288 g/mol. The minimum atomic E-state index is -0.0838. The molecule has 1 atom stereocenters. The molecule has 0 N–H and O–H groups in total. The van der Waals surface area contributed by atoms with Gasteiger partial charge < -0.3 is 0 Å². The van der Waals surface area contributed by atoms with E-state index in [4.69, 9.17) is 0 Å². The van der Waals surface area contributed by atoms with Crippen molar-refractivity contribution in [3.8, 4) is 0 Å². The molecular weight excluding hydrogens is 270 g/mol. The topological polar surface area (TPSA) is 20.9 Å². The summed E-state index contributed by atoms with van der Waals surface area (Å²) in [6.07, 6.45) is 3.96. The molecule has 0 spiro atoms. The van der Waals surface area contributed by atoms with Crippen molar-refractivity contribution < 1.29 is 9.36 Å². The van der Waals surface area contributed by atoms with Gasteiger partial charge in [0.1, 0.15) is 0 Å². The molecule has 1 aliphatic carbocycles. The van der Waals surface area contributed by atoms with Crippen molar-refractivity contribution in [2.75, 3.05) is 0 Å². The Morgan fingerprint density at radius 2 is 1.73 bits per heavy atom. The molecule has 108 valence electrons. The summed E-state index contributed by atoms with van der Waals surface area (Å²) < 4.78 is 2.15. The third kappa shape index (κ3) is 2.03. The van der Waals surface area contributed by atoms with Crippen LogP contribution in [0.5, 0.6) is 0 Å². The van der Waals surface area contributed by atoms with E-state index in [1.165, 1.54) is 16.3 Å². The lowest BCUT2D eigenvalue weighted by molar-refractivity contribution is -0.713. The summed E-state index contributed by atoms with van der Waals surface area (Å²) in [5, 5.41) is 2.40. The molecule has 2 nitrogen and oxygen atoms in total. The van der Waals surface area contributed by atoms with Gasteiger partial charge in [0.2, 0.25) is 11.8 Å². The van der Waals surface area contributed by atoms with E-state index in [2.05, 4.69) is 42.0 Å². The van der Waals surface area contributed by atoms with Gasteiger partial charge in [-0.1, -0.05) is 42.5 Å². The van der Waals surface area contributed by atoms with E-state index in [-0.39, 0.29) is 11.8 Å². The molecule has 1 heterocycles. The molecule has 4 rings (SSSR count). The minimum absolute atomic E-state index is 0.0838. The Morgan fingerprint density at radius 1 is 1.00 bits per heavy atom. The van der Waals surface area contributed by atoms with E-state index in [9.17, 15) is 4.79 Å². The lowest BCUT2D eigenvalue weighted by atomic mass is 9.86. The first-order chi connectivity index (χ1) is 10.7. The van der Waals surface area contributed by atoms with E-state index >= 15 is 0 Å². The second kappa shape index (κ2) is 5.06. The molecule has 2 aromatic carbocycles. The van der Waals surface area contributed by atoms with Crippen molar-refractivity contribution in [3.05, 3.63) is 77.6 Å². The van der Waals surface area contributed by atoms with Crippen LogP contribution in [0.25, 0.3) is 10.8 Å². The van der Waals surface area contributed by atoms with Crippen LogP contribution >= 0.6 is 0 Å². The molecule has 0 amide bonds. The molecule has 2 heteroatoms. The fraction of sp³-hybridized carbons (Fsp3) is 0.200. The molecule has 0 saturated heterocycles. The Hall–Kier alpha value is -2.48. The van der Waals surface area contributed by atoms with E-state index in [1.807, 2.05) is 30.3 Å². The highest BCUT2D eigenvalue weighted by molar-refractivity contribution is 6.00. The summed E-state index contributed by atoms with van der Waals surface area (Å²) in [4.78, 5) is 12.9. The van der Waals surface area contributed by atoms with Gasteiger partial charge in [-0.2, -0.15) is 4.57 Å². The number of carbonyl (C=O) groups excluding carboxylic acids is 1. The molecule has 0 bridgehead atoms. The van der Waals surface area contributed by atoms with Crippen LogP contribution in [0.1, 0.15) is 34.1 Å². The number of aryl methyl sites for hydroxylation is 2. The first-order valence-electron chi connectivity index (χ1n) is 7.77. The third-order valence-electron chi connectivity index (χ3n) is 4.65. The smallest absolute Gasteiger partial charge is 0.230 e. The number of Topliss-reactive ketones (excluding diaryl/α,β-unsaturated/α-hetero) is 1. The lowest BCUT2D eigenvalue weighted by Crippen LogP contribution is -2.48. The molecule has 0 fully saturated rings. The maximum atomic E-state index is 12.9. The second-order valence-electron chi connectivity index (χ2n) is 6.03. The number of rotatable bonds is 1. The average Bonchev–Trinajstić information content (AvgIpc) is 2.55. The van der Waals surface area contributed by atoms with E-state index in [0.717, 1.165) is 24.1 Å². The quantitative estimate of drug-likeness (QED) is 0.624. The molecule has 1 aliphatic rings. The van der Waals surface area contributed by atoms with Crippen molar-refractivity contribution >= 4 is 16.6 Å². The van der Waals surface area contributed by atoms with Crippen molar-refractivity contribution in [2.45, 2.75) is 25.8 Å². The molecule has 0 saturated carbocycles. The van der Waals surface area contributed by atoms with Gasteiger partial charge in [0.15, 0.2) is 11.9 Å². The normalized spacial score (nSPS) is 17.5. The van der Waals surface area contributed by atoms with Crippen LogP contribution in [0.4, 0.5) is 0 Å². The van der Waals surface area contributed by atoms with E-state index < -0.39 is 0 Å². The van der Waals surface area contributed by atoms with Crippen LogP contribution in [-0.2, 0) is 6.42 Å². The highest BCUT2D eigenvalue weighted by Gasteiger charge is 2.35. The predicted molar refractivity (Wildman–Crippen MR) is 87.0 cm³/mol. The van der Waals surface area contributed by atoms with Gasteiger partial charge in [-0.05, 0) is 23.4 Å². The summed E-state index contributed by atoms with van der Waals surface area (Å²) in [6, 6.07) is 18.4. The maximum Gasteiger partial charge on any atom is 0.230 e. The molecule has 0 aliphatic heterocycles. The maximum absolute atomic E-state index is 12.9. The SMILES string of the molecule is Cc1cc2ccccc2c[n+]1[C@@H]1CCc2ccccc2C1=O.